The van der Waals surface area contributed by atoms with Gasteiger partial charge in [-0.25, -0.2) is 12.7 Å². The molecule has 0 bridgehead atoms. The molecule has 1 aromatic carbocycles. The van der Waals surface area contributed by atoms with Gasteiger partial charge in [0.25, 0.3) is 0 Å². The van der Waals surface area contributed by atoms with Gasteiger partial charge in [0.2, 0.25) is 10.0 Å². The number of hydrogen-bond acceptors (Lipinski definition) is 4. The Bertz CT molecular complexity index is 521. The number of nitrogens with two attached hydrogens (primary N) is 1. The van der Waals surface area contributed by atoms with Crippen molar-refractivity contribution in [3.8, 4) is 0 Å². The number of aliphatic hydroxyl groups is 1. The summed E-state index contributed by atoms with van der Waals surface area (Å²) in [7, 11) is -1.99. The van der Waals surface area contributed by atoms with E-state index >= 15 is 0 Å². The van der Waals surface area contributed by atoms with E-state index in [4.69, 9.17) is 5.73 Å². The van der Waals surface area contributed by atoms with E-state index < -0.39 is 15.6 Å². The topological polar surface area (TPSA) is 83.6 Å². The second-order valence-electron chi connectivity index (χ2n) is 5.30. The minimum atomic E-state index is -3.46. The first-order chi connectivity index (χ1) is 8.65. The lowest BCUT2D eigenvalue weighted by Gasteiger charge is -2.25. The molecule has 0 spiro atoms. The molecule has 0 fully saturated rings. The molecular formula is C13H22N2O3S. The average molecular weight is 286 g/mol. The fourth-order valence-electron chi connectivity index (χ4n) is 1.85. The van der Waals surface area contributed by atoms with Crippen LogP contribution in [0, 0.1) is 0 Å². The standard InChI is InChI=1S/C13H22N2O3S/c1-13(2,16)10-15(3)19(17,18)9-12-7-5-4-6-11(12)8-14/h4-7,16H,8-10,14H2,1-3H3. The van der Waals surface area contributed by atoms with Crippen molar-refractivity contribution >= 4 is 10.0 Å². The molecule has 0 aliphatic carbocycles. The summed E-state index contributed by atoms with van der Waals surface area (Å²) in [5.41, 5.74) is 6.06. The molecule has 0 saturated heterocycles. The van der Waals surface area contributed by atoms with Gasteiger partial charge in [-0.05, 0) is 25.0 Å². The van der Waals surface area contributed by atoms with Crippen LogP contribution in [-0.4, -0.2) is 37.0 Å². The monoisotopic (exact) mass is 286 g/mol. The maximum absolute atomic E-state index is 12.2. The zero-order valence-electron chi connectivity index (χ0n) is 11.6. The molecule has 0 saturated carbocycles. The number of hydrogen-bond donors (Lipinski definition) is 2. The molecule has 0 amide bonds. The average Bonchev–Trinajstić information content (AvgIpc) is 2.27. The Morgan fingerprint density at radius 3 is 2.26 bits per heavy atom. The molecular weight excluding hydrogens is 264 g/mol. The number of sulfonamides is 1. The zero-order valence-corrected chi connectivity index (χ0v) is 12.4. The van der Waals surface area contributed by atoms with E-state index in [1.54, 1.807) is 26.0 Å². The number of rotatable bonds is 6. The van der Waals surface area contributed by atoms with Gasteiger partial charge in [-0.3, -0.25) is 0 Å². The molecule has 0 aromatic heterocycles. The molecule has 0 aliphatic rings. The van der Waals surface area contributed by atoms with Gasteiger partial charge in [0.1, 0.15) is 0 Å². The van der Waals surface area contributed by atoms with E-state index in [0.29, 0.717) is 12.1 Å². The molecule has 0 atom stereocenters. The predicted molar refractivity (Wildman–Crippen MR) is 75.9 cm³/mol. The Morgan fingerprint density at radius 2 is 1.79 bits per heavy atom. The van der Waals surface area contributed by atoms with Gasteiger partial charge in [-0.2, -0.15) is 0 Å². The van der Waals surface area contributed by atoms with Gasteiger partial charge in [-0.1, -0.05) is 24.3 Å². The van der Waals surface area contributed by atoms with Crippen molar-refractivity contribution in [3.63, 3.8) is 0 Å². The third-order valence-electron chi connectivity index (χ3n) is 2.76. The Morgan fingerprint density at radius 1 is 1.26 bits per heavy atom. The Balaban J connectivity index is 2.91. The second kappa shape index (κ2) is 6.00. The molecule has 108 valence electrons. The van der Waals surface area contributed by atoms with Crippen LogP contribution in [0.3, 0.4) is 0 Å². The van der Waals surface area contributed by atoms with E-state index in [9.17, 15) is 13.5 Å². The first-order valence-electron chi connectivity index (χ1n) is 6.09. The minimum absolute atomic E-state index is 0.0557. The molecule has 6 heteroatoms. The van der Waals surface area contributed by atoms with Crippen LogP contribution in [0.15, 0.2) is 24.3 Å². The van der Waals surface area contributed by atoms with E-state index in [1.807, 2.05) is 12.1 Å². The molecule has 19 heavy (non-hydrogen) atoms. The molecule has 0 heterocycles. The highest BCUT2D eigenvalue weighted by atomic mass is 32.2. The fraction of sp³-hybridized carbons (Fsp3) is 0.538. The molecule has 0 radical (unpaired) electrons. The first-order valence-corrected chi connectivity index (χ1v) is 7.70. The molecule has 1 rings (SSSR count). The quantitative estimate of drug-likeness (QED) is 0.805. The van der Waals surface area contributed by atoms with E-state index in [1.165, 1.54) is 11.4 Å². The van der Waals surface area contributed by atoms with Crippen LogP contribution < -0.4 is 5.73 Å². The summed E-state index contributed by atoms with van der Waals surface area (Å²) in [5.74, 6) is -0.104. The summed E-state index contributed by atoms with van der Waals surface area (Å²) < 4.78 is 25.6. The second-order valence-corrected chi connectivity index (χ2v) is 7.37. The molecule has 3 N–H and O–H groups in total. The Hall–Kier alpha value is -0.950. The third kappa shape index (κ3) is 4.91. The Labute approximate surface area is 115 Å². The highest BCUT2D eigenvalue weighted by Gasteiger charge is 2.25. The number of nitrogens with zero attached hydrogens (tertiary/aromatic N) is 1. The van der Waals surface area contributed by atoms with Crippen LogP contribution >= 0.6 is 0 Å². The summed E-state index contributed by atoms with van der Waals surface area (Å²) in [4.78, 5) is 0. The minimum Gasteiger partial charge on any atom is -0.389 e. The summed E-state index contributed by atoms with van der Waals surface area (Å²) >= 11 is 0. The van der Waals surface area contributed by atoms with Crippen molar-refractivity contribution in [2.45, 2.75) is 31.7 Å². The lowest BCUT2D eigenvalue weighted by Crippen LogP contribution is -2.40. The summed E-state index contributed by atoms with van der Waals surface area (Å²) in [5, 5.41) is 9.69. The first kappa shape index (κ1) is 16.1. The number of benzene rings is 1. The Kier molecular flexibility index (Phi) is 5.09. The summed E-state index contributed by atoms with van der Waals surface area (Å²) in [6.07, 6.45) is 0. The van der Waals surface area contributed by atoms with Crippen LogP contribution in [0.1, 0.15) is 25.0 Å². The molecule has 1 aromatic rings. The smallest absolute Gasteiger partial charge is 0.218 e. The van der Waals surface area contributed by atoms with Crippen molar-refractivity contribution in [1.82, 2.24) is 4.31 Å². The fourth-order valence-corrected chi connectivity index (χ4v) is 3.26. The van der Waals surface area contributed by atoms with Crippen molar-refractivity contribution in [1.29, 1.82) is 0 Å². The van der Waals surface area contributed by atoms with Gasteiger partial charge >= 0.3 is 0 Å². The van der Waals surface area contributed by atoms with Crippen LogP contribution in [0.4, 0.5) is 0 Å². The lowest BCUT2D eigenvalue weighted by atomic mass is 10.1. The normalized spacial score (nSPS) is 12.9. The van der Waals surface area contributed by atoms with Crippen LogP contribution in [0.25, 0.3) is 0 Å². The summed E-state index contributed by atoms with van der Waals surface area (Å²) in [6.45, 7) is 3.51. The zero-order chi connectivity index (χ0) is 14.7. The van der Waals surface area contributed by atoms with E-state index in [-0.39, 0.29) is 12.3 Å². The lowest BCUT2D eigenvalue weighted by molar-refractivity contribution is 0.0639. The maximum atomic E-state index is 12.2. The number of likely N-dealkylation sites (N-methyl/N-ethyl adjacent to an activating group) is 1. The largest absolute Gasteiger partial charge is 0.389 e. The van der Waals surface area contributed by atoms with Crippen molar-refractivity contribution in [2.75, 3.05) is 13.6 Å². The van der Waals surface area contributed by atoms with Crippen molar-refractivity contribution in [2.24, 2.45) is 5.73 Å². The van der Waals surface area contributed by atoms with Crippen molar-refractivity contribution in [3.05, 3.63) is 35.4 Å². The van der Waals surface area contributed by atoms with E-state index in [0.717, 1.165) is 5.56 Å². The predicted octanol–water partition coefficient (Wildman–Crippen LogP) is 0.678. The summed E-state index contributed by atoms with van der Waals surface area (Å²) in [6, 6.07) is 7.21. The van der Waals surface area contributed by atoms with E-state index in [2.05, 4.69) is 0 Å². The molecule has 0 unspecified atom stereocenters. The highest BCUT2D eigenvalue weighted by Crippen LogP contribution is 2.16. The van der Waals surface area contributed by atoms with Crippen LogP contribution in [0.2, 0.25) is 0 Å². The maximum Gasteiger partial charge on any atom is 0.218 e. The van der Waals surface area contributed by atoms with Gasteiger partial charge in [-0.15, -0.1) is 0 Å². The third-order valence-corrected chi connectivity index (χ3v) is 4.52. The molecule has 5 nitrogen and oxygen atoms in total. The van der Waals surface area contributed by atoms with Crippen LogP contribution in [0.5, 0.6) is 0 Å². The van der Waals surface area contributed by atoms with Gasteiger partial charge in [0.15, 0.2) is 0 Å². The van der Waals surface area contributed by atoms with Crippen molar-refractivity contribution < 1.29 is 13.5 Å². The van der Waals surface area contributed by atoms with Gasteiger partial charge < -0.3 is 10.8 Å². The van der Waals surface area contributed by atoms with Gasteiger partial charge in [0, 0.05) is 20.1 Å². The van der Waals surface area contributed by atoms with Crippen LogP contribution in [-0.2, 0) is 22.3 Å². The molecule has 0 aliphatic heterocycles. The SMILES string of the molecule is CN(CC(C)(C)O)S(=O)(=O)Cc1ccccc1CN. The highest BCUT2D eigenvalue weighted by molar-refractivity contribution is 7.88. The van der Waals surface area contributed by atoms with Gasteiger partial charge in [0.05, 0.1) is 11.4 Å².